The summed E-state index contributed by atoms with van der Waals surface area (Å²) in [6, 6.07) is 0. The summed E-state index contributed by atoms with van der Waals surface area (Å²) in [7, 11) is 0. The first-order valence-electron chi connectivity index (χ1n) is 6.34. The summed E-state index contributed by atoms with van der Waals surface area (Å²) in [4.78, 5) is 35.3. The van der Waals surface area contributed by atoms with Crippen LogP contribution in [0, 0.1) is 0 Å². The van der Waals surface area contributed by atoms with Gasteiger partial charge in [0.05, 0.1) is 11.5 Å². The molecule has 132 valence electrons. The Balaban J connectivity index is 1.77. The maximum absolute atomic E-state index is 12.5. The standard InChI is InChI=1S/C10H11F3N6O3S2/c11-10(12,13)7-16-17-8(19(7)14)23-3-5(20)15-1-2-18-6(21)4-24-9(18)22/h1-4,14H2,(H,15,20). The molecule has 0 bridgehead atoms. The molecule has 3 amide bonds. The van der Waals surface area contributed by atoms with Crippen LogP contribution in [0.5, 0.6) is 0 Å². The van der Waals surface area contributed by atoms with Crippen molar-refractivity contribution in [1.29, 1.82) is 0 Å². The number of thioether (sulfide) groups is 2. The molecule has 0 radical (unpaired) electrons. The first-order chi connectivity index (χ1) is 11.2. The predicted molar refractivity (Wildman–Crippen MR) is 78.5 cm³/mol. The number of hydrogen-bond acceptors (Lipinski definition) is 8. The molecule has 2 rings (SSSR count). The van der Waals surface area contributed by atoms with Crippen molar-refractivity contribution in [3.8, 4) is 0 Å². The highest BCUT2D eigenvalue weighted by Gasteiger charge is 2.38. The Morgan fingerprint density at radius 2 is 2.08 bits per heavy atom. The molecule has 0 aromatic carbocycles. The van der Waals surface area contributed by atoms with Gasteiger partial charge in [0.1, 0.15) is 0 Å². The highest BCUT2D eigenvalue weighted by atomic mass is 32.2. The van der Waals surface area contributed by atoms with Gasteiger partial charge in [-0.15, -0.1) is 10.2 Å². The zero-order valence-electron chi connectivity index (χ0n) is 11.9. The Morgan fingerprint density at radius 1 is 1.38 bits per heavy atom. The Kier molecular flexibility index (Phi) is 5.58. The van der Waals surface area contributed by atoms with E-state index in [9.17, 15) is 27.6 Å². The van der Waals surface area contributed by atoms with Gasteiger partial charge in [0.2, 0.25) is 17.0 Å². The van der Waals surface area contributed by atoms with Crippen LogP contribution in [0.15, 0.2) is 5.16 Å². The third kappa shape index (κ3) is 4.31. The van der Waals surface area contributed by atoms with Gasteiger partial charge in [-0.05, 0) is 0 Å². The van der Waals surface area contributed by atoms with Gasteiger partial charge in [0, 0.05) is 13.1 Å². The Morgan fingerprint density at radius 3 is 2.62 bits per heavy atom. The topological polar surface area (TPSA) is 123 Å². The van der Waals surface area contributed by atoms with Crippen molar-refractivity contribution in [3.63, 3.8) is 0 Å². The normalized spacial score (nSPS) is 15.2. The molecule has 1 fully saturated rings. The number of nitrogens with one attached hydrogen (secondary N) is 1. The van der Waals surface area contributed by atoms with Crippen molar-refractivity contribution in [2.75, 3.05) is 30.4 Å². The number of nitrogens with two attached hydrogens (primary N) is 1. The van der Waals surface area contributed by atoms with Crippen LogP contribution in [0.1, 0.15) is 5.82 Å². The molecule has 9 nitrogen and oxygen atoms in total. The van der Waals surface area contributed by atoms with E-state index in [1.165, 1.54) is 0 Å². The molecule has 0 spiro atoms. The summed E-state index contributed by atoms with van der Waals surface area (Å²) in [6.45, 7) is 0.0763. The van der Waals surface area contributed by atoms with Crippen molar-refractivity contribution in [2.24, 2.45) is 0 Å². The molecule has 1 aliphatic rings. The highest BCUT2D eigenvalue weighted by molar-refractivity contribution is 8.14. The fraction of sp³-hybridized carbons (Fsp3) is 0.500. The monoisotopic (exact) mass is 384 g/mol. The third-order valence-corrected chi connectivity index (χ3v) is 4.55. The molecule has 0 aliphatic carbocycles. The number of halogens is 3. The van der Waals surface area contributed by atoms with Gasteiger partial charge >= 0.3 is 6.18 Å². The number of aromatic nitrogens is 3. The second kappa shape index (κ2) is 7.29. The molecule has 1 aromatic heterocycles. The van der Waals surface area contributed by atoms with Crippen LogP contribution in [-0.4, -0.2) is 61.4 Å². The lowest BCUT2D eigenvalue weighted by molar-refractivity contribution is -0.146. The van der Waals surface area contributed by atoms with E-state index in [2.05, 4.69) is 15.5 Å². The van der Waals surface area contributed by atoms with Crippen LogP contribution in [0.2, 0.25) is 0 Å². The number of alkyl halides is 3. The van der Waals surface area contributed by atoms with Crippen molar-refractivity contribution >= 4 is 40.6 Å². The number of rotatable bonds is 6. The summed E-state index contributed by atoms with van der Waals surface area (Å²) in [5.74, 6) is 2.85. The molecule has 1 aliphatic heterocycles. The Bertz CT molecular complexity index is 649. The summed E-state index contributed by atoms with van der Waals surface area (Å²) in [5.41, 5.74) is 0. The summed E-state index contributed by atoms with van der Waals surface area (Å²) >= 11 is 1.56. The van der Waals surface area contributed by atoms with E-state index in [-0.39, 0.29) is 45.6 Å². The SMILES string of the molecule is Nn1c(SCC(=O)NCCN2C(=O)CSC2=O)nnc1C(F)(F)F. The summed E-state index contributed by atoms with van der Waals surface area (Å²) in [6.07, 6.45) is -4.74. The number of hydrogen-bond donors (Lipinski definition) is 2. The van der Waals surface area contributed by atoms with Gasteiger partial charge in [0.25, 0.3) is 11.1 Å². The van der Waals surface area contributed by atoms with Crippen LogP contribution < -0.4 is 11.2 Å². The fourth-order valence-corrected chi connectivity index (χ4v) is 3.09. The van der Waals surface area contributed by atoms with Crippen LogP contribution in [0.4, 0.5) is 18.0 Å². The molecule has 0 atom stereocenters. The molecule has 2 heterocycles. The molecular weight excluding hydrogens is 373 g/mol. The van der Waals surface area contributed by atoms with E-state index in [0.29, 0.717) is 11.8 Å². The molecule has 1 saturated heterocycles. The number of nitrogens with zero attached hydrogens (tertiary/aromatic N) is 4. The van der Waals surface area contributed by atoms with Crippen LogP contribution >= 0.6 is 23.5 Å². The fourth-order valence-electron chi connectivity index (χ4n) is 1.65. The summed E-state index contributed by atoms with van der Waals surface area (Å²) in [5, 5.41) is 7.99. The van der Waals surface area contributed by atoms with Crippen LogP contribution in [0.3, 0.4) is 0 Å². The van der Waals surface area contributed by atoms with Crippen molar-refractivity contribution in [2.45, 2.75) is 11.3 Å². The first kappa shape index (κ1) is 18.4. The number of carbonyl (C=O) groups excluding carboxylic acids is 3. The largest absolute Gasteiger partial charge is 0.453 e. The Labute approximate surface area is 141 Å². The van der Waals surface area contributed by atoms with Crippen LogP contribution in [0.25, 0.3) is 0 Å². The van der Waals surface area contributed by atoms with Crippen molar-refractivity contribution in [3.05, 3.63) is 5.82 Å². The Hall–Kier alpha value is -1.96. The molecule has 14 heteroatoms. The lowest BCUT2D eigenvalue weighted by Gasteiger charge is -2.12. The minimum absolute atomic E-state index is 0.0341. The zero-order chi connectivity index (χ0) is 17.9. The van der Waals surface area contributed by atoms with Crippen LogP contribution in [-0.2, 0) is 15.8 Å². The lowest BCUT2D eigenvalue weighted by atomic mass is 10.5. The van der Waals surface area contributed by atoms with Gasteiger partial charge in [-0.25, -0.2) is 4.68 Å². The molecule has 0 unspecified atom stereocenters. The summed E-state index contributed by atoms with van der Waals surface area (Å²) < 4.78 is 37.7. The number of carbonyl (C=O) groups is 3. The molecule has 24 heavy (non-hydrogen) atoms. The third-order valence-electron chi connectivity index (χ3n) is 2.75. The van der Waals surface area contributed by atoms with E-state index in [4.69, 9.17) is 5.84 Å². The molecular formula is C10H11F3N6O3S2. The number of nitrogen functional groups attached to an aromatic ring is 1. The van der Waals surface area contributed by atoms with Gasteiger partial charge in [-0.1, -0.05) is 23.5 Å². The quantitative estimate of drug-likeness (QED) is 0.515. The second-order valence-corrected chi connectivity index (χ2v) is 6.28. The predicted octanol–water partition coefficient (Wildman–Crippen LogP) is -0.0856. The van der Waals surface area contributed by atoms with Gasteiger partial charge in [-0.3, -0.25) is 19.3 Å². The molecule has 3 N–H and O–H groups in total. The average Bonchev–Trinajstić information content (AvgIpc) is 3.01. The maximum Gasteiger partial charge on any atom is 0.453 e. The second-order valence-electron chi connectivity index (χ2n) is 4.41. The van der Waals surface area contributed by atoms with Crippen molar-refractivity contribution in [1.82, 2.24) is 25.1 Å². The minimum Gasteiger partial charge on any atom is -0.354 e. The van der Waals surface area contributed by atoms with Gasteiger partial charge in [-0.2, -0.15) is 13.2 Å². The maximum atomic E-state index is 12.5. The zero-order valence-corrected chi connectivity index (χ0v) is 13.5. The lowest BCUT2D eigenvalue weighted by Crippen LogP contribution is -2.38. The molecule has 0 saturated carbocycles. The van der Waals surface area contributed by atoms with Crippen molar-refractivity contribution < 1.29 is 27.6 Å². The average molecular weight is 384 g/mol. The first-order valence-corrected chi connectivity index (χ1v) is 8.31. The van der Waals surface area contributed by atoms with E-state index < -0.39 is 17.9 Å². The highest BCUT2D eigenvalue weighted by Crippen LogP contribution is 2.28. The van der Waals surface area contributed by atoms with E-state index in [1.54, 1.807) is 0 Å². The van der Waals surface area contributed by atoms with E-state index >= 15 is 0 Å². The van der Waals surface area contributed by atoms with E-state index in [1.807, 2.05) is 0 Å². The van der Waals surface area contributed by atoms with Gasteiger partial charge in [0.15, 0.2) is 0 Å². The van der Waals surface area contributed by atoms with Gasteiger partial charge < -0.3 is 11.2 Å². The smallest absolute Gasteiger partial charge is 0.354 e. The number of amides is 3. The van der Waals surface area contributed by atoms with E-state index in [0.717, 1.165) is 16.7 Å². The minimum atomic E-state index is -4.74. The number of imide groups is 1. The molecule has 1 aromatic rings.